The van der Waals surface area contributed by atoms with Crippen LogP contribution < -0.4 is 10.9 Å². The fraction of sp³-hybridized carbons (Fsp3) is 0.381. The first-order valence-corrected chi connectivity index (χ1v) is 8.81. The summed E-state index contributed by atoms with van der Waals surface area (Å²) in [6.45, 7) is 9.37. The van der Waals surface area contributed by atoms with E-state index in [-0.39, 0.29) is 23.8 Å². The van der Waals surface area contributed by atoms with E-state index in [2.05, 4.69) is 38.2 Å². The van der Waals surface area contributed by atoms with Gasteiger partial charge in [-0.1, -0.05) is 17.7 Å². The summed E-state index contributed by atoms with van der Waals surface area (Å²) in [7, 11) is 0. The van der Waals surface area contributed by atoms with Crippen LogP contribution in [0.15, 0.2) is 27.4 Å². The van der Waals surface area contributed by atoms with Crippen molar-refractivity contribution in [2.45, 2.75) is 41.0 Å². The van der Waals surface area contributed by atoms with E-state index in [1.54, 1.807) is 6.92 Å². The molecule has 27 heavy (non-hydrogen) atoms. The fourth-order valence-corrected chi connectivity index (χ4v) is 3.25. The van der Waals surface area contributed by atoms with Crippen molar-refractivity contribution in [2.75, 3.05) is 13.2 Å². The monoisotopic (exact) mass is 371 g/mol. The van der Waals surface area contributed by atoms with Gasteiger partial charge < -0.3 is 14.5 Å². The third-order valence-corrected chi connectivity index (χ3v) is 4.41. The second-order valence-electron chi connectivity index (χ2n) is 6.73. The van der Waals surface area contributed by atoms with Crippen molar-refractivity contribution in [2.24, 2.45) is 0 Å². The molecule has 0 bridgehead atoms. The number of rotatable bonds is 6. The number of hydrogen-bond donors (Lipinski definition) is 1. The zero-order valence-corrected chi connectivity index (χ0v) is 16.4. The van der Waals surface area contributed by atoms with Crippen molar-refractivity contribution in [1.29, 1.82) is 0 Å². The predicted molar refractivity (Wildman–Crippen MR) is 102 cm³/mol. The number of amides is 1. The smallest absolute Gasteiger partial charge is 0.342 e. The van der Waals surface area contributed by atoms with Crippen LogP contribution in [0.2, 0.25) is 0 Å². The molecule has 2 rings (SSSR count). The van der Waals surface area contributed by atoms with Gasteiger partial charge in [-0.15, -0.1) is 0 Å². The van der Waals surface area contributed by atoms with Gasteiger partial charge in [-0.05, 0) is 63.3 Å². The number of hydrogen-bond acceptors (Lipinski definition) is 5. The summed E-state index contributed by atoms with van der Waals surface area (Å²) in [5.74, 6) is -0.886. The van der Waals surface area contributed by atoms with E-state index in [0.717, 1.165) is 0 Å². The Balaban J connectivity index is 1.87. The maximum absolute atomic E-state index is 12.2. The van der Waals surface area contributed by atoms with E-state index in [0.29, 0.717) is 18.5 Å². The van der Waals surface area contributed by atoms with Gasteiger partial charge >= 0.3 is 11.6 Å². The summed E-state index contributed by atoms with van der Waals surface area (Å²) < 4.78 is 9.95. The molecule has 0 spiro atoms. The van der Waals surface area contributed by atoms with Crippen molar-refractivity contribution in [3.63, 3.8) is 0 Å². The van der Waals surface area contributed by atoms with Crippen LogP contribution >= 0.6 is 0 Å². The average molecular weight is 371 g/mol. The van der Waals surface area contributed by atoms with Crippen LogP contribution in [0, 0.1) is 34.6 Å². The zero-order chi connectivity index (χ0) is 20.1. The highest BCUT2D eigenvalue weighted by Crippen LogP contribution is 2.16. The molecule has 0 atom stereocenters. The predicted octanol–water partition coefficient (Wildman–Crippen LogP) is 2.70. The lowest BCUT2D eigenvalue weighted by Gasteiger charge is -2.12. The van der Waals surface area contributed by atoms with E-state index in [1.807, 2.05) is 0 Å². The van der Waals surface area contributed by atoms with Crippen molar-refractivity contribution in [3.05, 3.63) is 67.8 Å². The first kappa shape index (κ1) is 20.4. The molecular weight excluding hydrogens is 346 g/mol. The first-order valence-electron chi connectivity index (χ1n) is 8.81. The van der Waals surface area contributed by atoms with Crippen molar-refractivity contribution in [1.82, 2.24) is 5.32 Å². The minimum atomic E-state index is -0.686. The second kappa shape index (κ2) is 8.66. The van der Waals surface area contributed by atoms with Crippen molar-refractivity contribution >= 4 is 11.9 Å². The molecule has 144 valence electrons. The van der Waals surface area contributed by atoms with Gasteiger partial charge in [-0.2, -0.15) is 0 Å². The Hall–Kier alpha value is -2.89. The van der Waals surface area contributed by atoms with Crippen LogP contribution in [0.4, 0.5) is 0 Å². The lowest BCUT2D eigenvalue weighted by atomic mass is 9.97. The van der Waals surface area contributed by atoms with E-state index < -0.39 is 11.6 Å². The number of aryl methyl sites for hydroxylation is 5. The van der Waals surface area contributed by atoms with Crippen LogP contribution in [0.3, 0.4) is 0 Å². The largest absolute Gasteiger partial charge is 0.452 e. The van der Waals surface area contributed by atoms with Crippen molar-refractivity contribution < 1.29 is 18.7 Å². The third kappa shape index (κ3) is 5.29. The quantitative estimate of drug-likeness (QED) is 0.789. The fourth-order valence-electron chi connectivity index (χ4n) is 3.25. The number of carbonyl (C=O) groups is 2. The molecule has 0 fully saturated rings. The molecular formula is C21H25NO5. The molecule has 2 aromatic rings. The van der Waals surface area contributed by atoms with Crippen LogP contribution in [-0.4, -0.2) is 25.0 Å². The summed E-state index contributed by atoms with van der Waals surface area (Å²) in [4.78, 5) is 35.4. The second-order valence-corrected chi connectivity index (χ2v) is 6.73. The Bertz CT molecular complexity index is 877. The highest BCUT2D eigenvalue weighted by atomic mass is 16.5. The van der Waals surface area contributed by atoms with E-state index in [4.69, 9.17) is 9.15 Å². The van der Waals surface area contributed by atoms with Crippen LogP contribution in [0.5, 0.6) is 0 Å². The van der Waals surface area contributed by atoms with Gasteiger partial charge in [0.05, 0.1) is 0 Å². The first-order chi connectivity index (χ1) is 12.7. The summed E-state index contributed by atoms with van der Waals surface area (Å²) in [5.41, 5.74) is 4.93. The number of nitrogens with one attached hydrogen (secondary N) is 1. The lowest BCUT2D eigenvalue weighted by Crippen LogP contribution is -2.31. The van der Waals surface area contributed by atoms with E-state index >= 15 is 0 Å². The molecule has 0 saturated heterocycles. The normalized spacial score (nSPS) is 10.6. The van der Waals surface area contributed by atoms with Gasteiger partial charge in [0.15, 0.2) is 6.61 Å². The highest BCUT2D eigenvalue weighted by molar-refractivity contribution is 5.93. The van der Waals surface area contributed by atoms with E-state index in [1.165, 1.54) is 35.2 Å². The highest BCUT2D eigenvalue weighted by Gasteiger charge is 2.18. The number of ether oxygens (including phenoxy) is 1. The molecule has 0 aliphatic rings. The maximum atomic E-state index is 12.2. The summed E-state index contributed by atoms with van der Waals surface area (Å²) in [6, 6.07) is 5.46. The topological polar surface area (TPSA) is 85.6 Å². The molecule has 1 aromatic carbocycles. The van der Waals surface area contributed by atoms with Gasteiger partial charge in [0, 0.05) is 12.6 Å². The number of esters is 1. The standard InChI is InChI=1S/C21H25NO5/c1-12-8-13(2)17(14(3)9-12)6-7-22-18(23)11-26-21(25)20-15(4)10-19(24)27-16(20)5/h8-10H,6-7,11H2,1-5H3,(H,22,23). The maximum Gasteiger partial charge on any atom is 0.342 e. The summed E-state index contributed by atoms with van der Waals surface area (Å²) >= 11 is 0. The minimum Gasteiger partial charge on any atom is -0.452 e. The van der Waals surface area contributed by atoms with Crippen molar-refractivity contribution in [3.8, 4) is 0 Å². The van der Waals surface area contributed by atoms with E-state index in [9.17, 15) is 14.4 Å². The molecule has 0 radical (unpaired) electrons. The number of carbonyl (C=O) groups excluding carboxylic acids is 2. The third-order valence-electron chi connectivity index (χ3n) is 4.41. The summed E-state index contributed by atoms with van der Waals surface area (Å²) in [6.07, 6.45) is 0.708. The van der Waals surface area contributed by atoms with Gasteiger partial charge in [0.25, 0.3) is 5.91 Å². The Labute approximate surface area is 158 Å². The van der Waals surface area contributed by atoms with Gasteiger partial charge in [-0.3, -0.25) is 4.79 Å². The lowest BCUT2D eigenvalue weighted by molar-refractivity contribution is -0.124. The number of benzene rings is 1. The molecule has 6 heteroatoms. The molecule has 1 aromatic heterocycles. The zero-order valence-electron chi connectivity index (χ0n) is 16.4. The molecule has 6 nitrogen and oxygen atoms in total. The van der Waals surface area contributed by atoms with Crippen LogP contribution in [0.1, 0.15) is 43.9 Å². The van der Waals surface area contributed by atoms with Gasteiger partial charge in [0.2, 0.25) is 0 Å². The molecule has 0 aliphatic heterocycles. The van der Waals surface area contributed by atoms with Crippen LogP contribution in [-0.2, 0) is 16.0 Å². The summed E-state index contributed by atoms with van der Waals surface area (Å²) in [5, 5.41) is 2.76. The molecule has 1 heterocycles. The Morgan fingerprint density at radius 1 is 1.00 bits per heavy atom. The molecule has 1 N–H and O–H groups in total. The molecule has 1 amide bonds. The van der Waals surface area contributed by atoms with Crippen LogP contribution in [0.25, 0.3) is 0 Å². The Kier molecular flexibility index (Phi) is 6.55. The molecule has 0 unspecified atom stereocenters. The average Bonchev–Trinajstić information content (AvgIpc) is 2.54. The Morgan fingerprint density at radius 2 is 1.63 bits per heavy atom. The SMILES string of the molecule is Cc1cc(C)c(CCNC(=O)COC(=O)c2c(C)cc(=O)oc2C)c(C)c1. The van der Waals surface area contributed by atoms with Gasteiger partial charge in [0.1, 0.15) is 11.3 Å². The Morgan fingerprint density at radius 3 is 2.22 bits per heavy atom. The minimum absolute atomic E-state index is 0.174. The van der Waals surface area contributed by atoms with Gasteiger partial charge in [-0.25, -0.2) is 9.59 Å². The molecule has 0 aliphatic carbocycles. The molecule has 0 saturated carbocycles.